The van der Waals surface area contributed by atoms with Crippen LogP contribution in [0.15, 0.2) is 30.5 Å². The molecule has 0 aliphatic carbocycles. The van der Waals surface area contributed by atoms with E-state index in [9.17, 15) is 4.79 Å². The van der Waals surface area contributed by atoms with Crippen molar-refractivity contribution in [2.24, 2.45) is 5.92 Å². The quantitative estimate of drug-likeness (QED) is 0.836. The number of carbonyl (C=O) groups is 1. The fraction of sp³-hybridized carbons (Fsp3) is 0.526. The van der Waals surface area contributed by atoms with Crippen LogP contribution in [0.2, 0.25) is 0 Å². The highest BCUT2D eigenvalue weighted by Gasteiger charge is 2.36. The molecule has 3 heterocycles. The van der Waals surface area contributed by atoms with Gasteiger partial charge in [0.2, 0.25) is 0 Å². The highest BCUT2D eigenvalue weighted by atomic mass is 16.6. The molecule has 144 valence electrons. The van der Waals surface area contributed by atoms with Gasteiger partial charge in [-0.05, 0) is 36.5 Å². The Bertz CT molecular complexity index is 788. The average Bonchev–Trinajstić information content (AvgIpc) is 3.29. The smallest absolute Gasteiger partial charge is 0.408 e. The molecule has 2 aromatic rings. The summed E-state index contributed by atoms with van der Waals surface area (Å²) in [5, 5.41) is 11.4. The van der Waals surface area contributed by atoms with E-state index in [1.54, 1.807) is 7.11 Å². The highest BCUT2D eigenvalue weighted by Crippen LogP contribution is 2.29. The number of carbonyl (C=O) groups excluding carboxylic acids is 1. The maximum atomic E-state index is 11.8. The zero-order valence-corrected chi connectivity index (χ0v) is 15.3. The van der Waals surface area contributed by atoms with Gasteiger partial charge in [0, 0.05) is 32.4 Å². The van der Waals surface area contributed by atoms with Crippen molar-refractivity contribution in [2.75, 3.05) is 20.3 Å². The zero-order valence-electron chi connectivity index (χ0n) is 15.3. The van der Waals surface area contributed by atoms with Gasteiger partial charge in [0.05, 0.1) is 18.8 Å². The SMILES string of the molecule is COc1cccc([C@@H]2NC(=O)O[C@H]2Cc2cn(CC3CCOCC3)nn2)c1. The number of alkyl carbamates (subject to hydrolysis) is 1. The molecule has 1 N–H and O–H groups in total. The molecule has 27 heavy (non-hydrogen) atoms. The number of ether oxygens (including phenoxy) is 3. The molecule has 0 bridgehead atoms. The van der Waals surface area contributed by atoms with Gasteiger partial charge in [-0.15, -0.1) is 5.10 Å². The van der Waals surface area contributed by atoms with Gasteiger partial charge < -0.3 is 19.5 Å². The van der Waals surface area contributed by atoms with Crippen molar-refractivity contribution in [3.8, 4) is 5.75 Å². The van der Waals surface area contributed by atoms with Crippen LogP contribution >= 0.6 is 0 Å². The van der Waals surface area contributed by atoms with E-state index in [2.05, 4.69) is 15.6 Å². The Labute approximate surface area is 157 Å². The molecule has 4 rings (SSSR count). The molecular formula is C19H24N4O4. The van der Waals surface area contributed by atoms with Crippen molar-refractivity contribution in [2.45, 2.75) is 38.0 Å². The van der Waals surface area contributed by atoms with Crippen molar-refractivity contribution < 1.29 is 19.0 Å². The fourth-order valence-corrected chi connectivity index (χ4v) is 3.67. The van der Waals surface area contributed by atoms with E-state index >= 15 is 0 Å². The standard InChI is InChI=1S/C19H24N4O4/c1-25-16-4-2-3-14(9-16)18-17(27-19(24)20-18)10-15-12-23(22-21-15)11-13-5-7-26-8-6-13/h2-4,9,12-13,17-18H,5-8,10-11H2,1H3,(H,20,24)/t17-,18-/m0/s1. The van der Waals surface area contributed by atoms with Crippen LogP contribution in [0.5, 0.6) is 5.75 Å². The van der Waals surface area contributed by atoms with Gasteiger partial charge in [-0.2, -0.15) is 0 Å². The summed E-state index contributed by atoms with van der Waals surface area (Å²) in [5.41, 5.74) is 1.76. The number of amides is 1. The molecule has 2 saturated heterocycles. The number of hydrogen-bond donors (Lipinski definition) is 1. The van der Waals surface area contributed by atoms with Crippen molar-refractivity contribution in [3.63, 3.8) is 0 Å². The van der Waals surface area contributed by atoms with E-state index in [1.165, 1.54) is 0 Å². The van der Waals surface area contributed by atoms with Crippen LogP contribution in [0.1, 0.15) is 30.1 Å². The van der Waals surface area contributed by atoms with E-state index in [4.69, 9.17) is 14.2 Å². The number of benzene rings is 1. The van der Waals surface area contributed by atoms with Crippen molar-refractivity contribution in [1.82, 2.24) is 20.3 Å². The molecule has 8 heteroatoms. The minimum atomic E-state index is -0.414. The largest absolute Gasteiger partial charge is 0.497 e. The molecule has 0 spiro atoms. The third-order valence-corrected chi connectivity index (χ3v) is 5.14. The second kappa shape index (κ2) is 7.96. The lowest BCUT2D eigenvalue weighted by Gasteiger charge is -2.21. The Morgan fingerprint density at radius 1 is 1.33 bits per heavy atom. The van der Waals surface area contributed by atoms with E-state index in [-0.39, 0.29) is 12.1 Å². The van der Waals surface area contributed by atoms with E-state index in [0.717, 1.165) is 49.6 Å². The normalized spacial score (nSPS) is 23.1. The fourth-order valence-electron chi connectivity index (χ4n) is 3.67. The van der Waals surface area contributed by atoms with Crippen molar-refractivity contribution >= 4 is 6.09 Å². The lowest BCUT2D eigenvalue weighted by Crippen LogP contribution is -2.24. The average molecular weight is 372 g/mol. The van der Waals surface area contributed by atoms with Gasteiger partial charge in [0.15, 0.2) is 0 Å². The van der Waals surface area contributed by atoms with E-state index in [0.29, 0.717) is 12.3 Å². The Balaban J connectivity index is 1.43. The number of nitrogens with zero attached hydrogens (tertiary/aromatic N) is 3. The molecule has 2 aliphatic heterocycles. The van der Waals surface area contributed by atoms with Crippen LogP contribution in [0, 0.1) is 5.92 Å². The van der Waals surface area contributed by atoms with Gasteiger partial charge in [-0.1, -0.05) is 17.3 Å². The predicted molar refractivity (Wildman–Crippen MR) is 96.4 cm³/mol. The predicted octanol–water partition coefficient (Wildman–Crippen LogP) is 2.11. The summed E-state index contributed by atoms with van der Waals surface area (Å²) in [5.74, 6) is 1.32. The van der Waals surface area contributed by atoms with Crippen LogP contribution in [-0.2, 0) is 22.4 Å². The van der Waals surface area contributed by atoms with E-state index < -0.39 is 6.09 Å². The van der Waals surface area contributed by atoms with Gasteiger partial charge in [-0.3, -0.25) is 4.68 Å². The first kappa shape index (κ1) is 17.8. The molecule has 0 unspecified atom stereocenters. The monoisotopic (exact) mass is 372 g/mol. The van der Waals surface area contributed by atoms with Gasteiger partial charge >= 0.3 is 6.09 Å². The number of rotatable bonds is 6. The molecule has 1 aromatic heterocycles. The molecule has 0 radical (unpaired) electrons. The molecule has 1 aromatic carbocycles. The Kier molecular flexibility index (Phi) is 5.24. The maximum Gasteiger partial charge on any atom is 0.408 e. The summed E-state index contributed by atoms with van der Waals surface area (Å²) in [6.45, 7) is 2.48. The number of cyclic esters (lactones) is 1. The third kappa shape index (κ3) is 4.21. The second-order valence-corrected chi connectivity index (χ2v) is 7.03. The molecule has 8 nitrogen and oxygen atoms in total. The number of hydrogen-bond acceptors (Lipinski definition) is 6. The minimum absolute atomic E-state index is 0.242. The number of nitrogens with one attached hydrogen (secondary N) is 1. The van der Waals surface area contributed by atoms with Crippen molar-refractivity contribution in [3.05, 3.63) is 41.7 Å². The lowest BCUT2D eigenvalue weighted by molar-refractivity contribution is 0.0600. The van der Waals surface area contributed by atoms with Gasteiger partial charge in [0.25, 0.3) is 0 Å². The van der Waals surface area contributed by atoms with Crippen molar-refractivity contribution in [1.29, 1.82) is 0 Å². The first-order chi connectivity index (χ1) is 13.2. The number of methoxy groups -OCH3 is 1. The molecule has 2 aliphatic rings. The third-order valence-electron chi connectivity index (χ3n) is 5.14. The summed E-state index contributed by atoms with van der Waals surface area (Å²) in [6.07, 6.45) is 3.81. The Morgan fingerprint density at radius 2 is 2.19 bits per heavy atom. The zero-order chi connectivity index (χ0) is 18.6. The van der Waals surface area contributed by atoms with Crippen LogP contribution in [0.3, 0.4) is 0 Å². The van der Waals surface area contributed by atoms with Gasteiger partial charge in [0.1, 0.15) is 11.9 Å². The molecule has 2 atom stereocenters. The summed E-state index contributed by atoms with van der Waals surface area (Å²) in [7, 11) is 1.62. The highest BCUT2D eigenvalue weighted by molar-refractivity contribution is 5.70. The summed E-state index contributed by atoms with van der Waals surface area (Å²) in [4.78, 5) is 11.8. The molecule has 0 saturated carbocycles. The first-order valence-electron chi connectivity index (χ1n) is 9.29. The molecule has 1 amide bonds. The Morgan fingerprint density at radius 3 is 3.00 bits per heavy atom. The van der Waals surface area contributed by atoms with Crippen LogP contribution in [0.4, 0.5) is 4.79 Å². The summed E-state index contributed by atoms with van der Waals surface area (Å²) < 4.78 is 18.0. The van der Waals surface area contributed by atoms with Gasteiger partial charge in [-0.25, -0.2) is 4.79 Å². The van der Waals surface area contributed by atoms with Crippen LogP contribution in [-0.4, -0.2) is 47.5 Å². The minimum Gasteiger partial charge on any atom is -0.497 e. The second-order valence-electron chi connectivity index (χ2n) is 7.03. The summed E-state index contributed by atoms with van der Waals surface area (Å²) >= 11 is 0. The maximum absolute atomic E-state index is 11.8. The van der Waals surface area contributed by atoms with Crippen LogP contribution in [0.25, 0.3) is 0 Å². The summed E-state index contributed by atoms with van der Waals surface area (Å²) in [6, 6.07) is 7.40. The number of aromatic nitrogens is 3. The Hall–Kier alpha value is -2.61. The lowest BCUT2D eigenvalue weighted by atomic mass is 9.98. The topological polar surface area (TPSA) is 87.5 Å². The molecule has 2 fully saturated rings. The van der Waals surface area contributed by atoms with Crippen LogP contribution < -0.4 is 10.1 Å². The molecular weight excluding hydrogens is 348 g/mol. The first-order valence-corrected chi connectivity index (χ1v) is 9.29. The van der Waals surface area contributed by atoms with E-state index in [1.807, 2.05) is 35.1 Å².